The van der Waals surface area contributed by atoms with E-state index in [4.69, 9.17) is 4.74 Å². The molecule has 3 rings (SSSR count). The van der Waals surface area contributed by atoms with Crippen molar-refractivity contribution in [2.24, 2.45) is 0 Å². The maximum absolute atomic E-state index is 5.91. The Kier molecular flexibility index (Phi) is 5.12. The molecule has 1 saturated heterocycles. The fourth-order valence-electron chi connectivity index (χ4n) is 3.07. The molecular formula is C20H25NO. The van der Waals surface area contributed by atoms with Crippen LogP contribution < -0.4 is 4.74 Å². The lowest BCUT2D eigenvalue weighted by Gasteiger charge is -2.15. The number of ether oxygens (including phenoxy) is 1. The Labute approximate surface area is 133 Å². The van der Waals surface area contributed by atoms with Gasteiger partial charge in [0.15, 0.2) is 0 Å². The van der Waals surface area contributed by atoms with E-state index in [1.54, 1.807) is 0 Å². The first-order valence-corrected chi connectivity index (χ1v) is 8.30. The Bertz CT molecular complexity index is 588. The highest BCUT2D eigenvalue weighted by molar-refractivity contribution is 5.37. The zero-order valence-electron chi connectivity index (χ0n) is 13.4. The smallest absolute Gasteiger partial charge is 0.119 e. The molecule has 22 heavy (non-hydrogen) atoms. The predicted molar refractivity (Wildman–Crippen MR) is 91.6 cm³/mol. The molecule has 0 atom stereocenters. The van der Waals surface area contributed by atoms with E-state index >= 15 is 0 Å². The number of hydrogen-bond donors (Lipinski definition) is 0. The lowest BCUT2D eigenvalue weighted by atomic mass is 10.0. The molecular weight excluding hydrogens is 270 g/mol. The van der Waals surface area contributed by atoms with E-state index in [9.17, 15) is 0 Å². The van der Waals surface area contributed by atoms with Gasteiger partial charge in [-0.25, -0.2) is 0 Å². The first-order valence-electron chi connectivity index (χ1n) is 8.30. The molecule has 2 aromatic carbocycles. The number of nitrogens with zero attached hydrogens (tertiary/aromatic N) is 1. The highest BCUT2D eigenvalue weighted by Crippen LogP contribution is 2.20. The Morgan fingerprint density at radius 1 is 1.00 bits per heavy atom. The largest absolute Gasteiger partial charge is 0.492 e. The van der Waals surface area contributed by atoms with Crippen LogP contribution in [0.4, 0.5) is 0 Å². The van der Waals surface area contributed by atoms with Gasteiger partial charge in [0.2, 0.25) is 0 Å². The molecule has 1 fully saturated rings. The number of aryl methyl sites for hydroxylation is 1. The van der Waals surface area contributed by atoms with Crippen molar-refractivity contribution < 1.29 is 4.74 Å². The van der Waals surface area contributed by atoms with Gasteiger partial charge in [0.25, 0.3) is 0 Å². The first kappa shape index (κ1) is 15.1. The average molecular weight is 295 g/mol. The maximum Gasteiger partial charge on any atom is 0.119 e. The normalized spacial score (nSPS) is 15.1. The fraction of sp³-hybridized carbons (Fsp3) is 0.400. The third-order valence-corrected chi connectivity index (χ3v) is 4.43. The van der Waals surface area contributed by atoms with E-state index in [2.05, 4.69) is 60.4 Å². The van der Waals surface area contributed by atoms with Crippen LogP contribution in [-0.2, 0) is 6.42 Å². The van der Waals surface area contributed by atoms with Crippen LogP contribution in [-0.4, -0.2) is 31.1 Å². The molecule has 0 aromatic heterocycles. The number of benzene rings is 2. The van der Waals surface area contributed by atoms with Crippen molar-refractivity contribution in [3.63, 3.8) is 0 Å². The molecule has 0 aliphatic carbocycles. The molecule has 0 bridgehead atoms. The highest BCUT2D eigenvalue weighted by Gasteiger charge is 2.10. The van der Waals surface area contributed by atoms with Crippen LogP contribution in [0.3, 0.4) is 0 Å². The Morgan fingerprint density at radius 3 is 2.50 bits per heavy atom. The molecule has 2 nitrogen and oxygen atoms in total. The van der Waals surface area contributed by atoms with Crippen molar-refractivity contribution >= 4 is 0 Å². The van der Waals surface area contributed by atoms with Crippen LogP contribution >= 0.6 is 0 Å². The zero-order chi connectivity index (χ0) is 15.2. The van der Waals surface area contributed by atoms with E-state index < -0.39 is 0 Å². The van der Waals surface area contributed by atoms with Crippen LogP contribution in [0.2, 0.25) is 0 Å². The molecule has 0 N–H and O–H groups in total. The summed E-state index contributed by atoms with van der Waals surface area (Å²) in [6.45, 7) is 6.48. The third-order valence-electron chi connectivity index (χ3n) is 4.43. The highest BCUT2D eigenvalue weighted by atomic mass is 16.5. The Balaban J connectivity index is 1.54. The SMILES string of the molecule is Cc1cc(OCCN2CCCC2)ccc1Cc1ccccc1. The standard InChI is InChI=1S/C20H25NO/c1-17-15-20(22-14-13-21-11-5-6-12-21)10-9-19(17)16-18-7-3-2-4-8-18/h2-4,7-10,15H,5-6,11-14,16H2,1H3. The molecule has 1 heterocycles. The third kappa shape index (κ3) is 4.11. The second-order valence-corrected chi connectivity index (χ2v) is 6.15. The van der Waals surface area contributed by atoms with Gasteiger partial charge in [0, 0.05) is 6.54 Å². The molecule has 1 aliphatic rings. The summed E-state index contributed by atoms with van der Waals surface area (Å²) in [5.74, 6) is 0.994. The lowest BCUT2D eigenvalue weighted by Crippen LogP contribution is -2.25. The minimum atomic E-state index is 0.789. The number of hydrogen-bond acceptors (Lipinski definition) is 2. The quantitative estimate of drug-likeness (QED) is 0.797. The summed E-state index contributed by atoms with van der Waals surface area (Å²) in [5.41, 5.74) is 4.04. The Morgan fingerprint density at radius 2 is 1.77 bits per heavy atom. The van der Waals surface area contributed by atoms with Crippen LogP contribution in [0.15, 0.2) is 48.5 Å². The van der Waals surface area contributed by atoms with Crippen molar-refractivity contribution in [3.05, 3.63) is 65.2 Å². The van der Waals surface area contributed by atoms with Crippen molar-refractivity contribution in [2.75, 3.05) is 26.2 Å². The first-order chi connectivity index (χ1) is 10.8. The number of rotatable bonds is 6. The predicted octanol–water partition coefficient (Wildman–Crippen LogP) is 4.06. The van der Waals surface area contributed by atoms with Crippen LogP contribution in [0, 0.1) is 6.92 Å². The molecule has 0 spiro atoms. The van der Waals surface area contributed by atoms with Gasteiger partial charge in [0.05, 0.1) is 0 Å². The van der Waals surface area contributed by atoms with E-state index in [1.807, 2.05) is 0 Å². The lowest BCUT2D eigenvalue weighted by molar-refractivity contribution is 0.237. The van der Waals surface area contributed by atoms with Crippen molar-refractivity contribution in [1.29, 1.82) is 0 Å². The van der Waals surface area contributed by atoms with Gasteiger partial charge in [-0.3, -0.25) is 4.90 Å². The molecule has 0 amide bonds. The molecule has 2 aromatic rings. The molecule has 2 heteroatoms. The van der Waals surface area contributed by atoms with Crippen LogP contribution in [0.5, 0.6) is 5.75 Å². The van der Waals surface area contributed by atoms with Gasteiger partial charge < -0.3 is 4.74 Å². The van der Waals surface area contributed by atoms with Crippen LogP contribution in [0.1, 0.15) is 29.5 Å². The average Bonchev–Trinajstić information content (AvgIpc) is 3.04. The fourth-order valence-corrected chi connectivity index (χ4v) is 3.07. The minimum absolute atomic E-state index is 0.789. The van der Waals surface area contributed by atoms with E-state index in [0.29, 0.717) is 0 Å². The van der Waals surface area contributed by atoms with Gasteiger partial charge >= 0.3 is 0 Å². The molecule has 116 valence electrons. The second kappa shape index (κ2) is 7.46. The maximum atomic E-state index is 5.91. The number of likely N-dealkylation sites (tertiary alicyclic amines) is 1. The summed E-state index contributed by atoms with van der Waals surface area (Å²) < 4.78 is 5.91. The van der Waals surface area contributed by atoms with Crippen molar-refractivity contribution in [3.8, 4) is 5.75 Å². The topological polar surface area (TPSA) is 12.5 Å². The van der Waals surface area contributed by atoms with Gasteiger partial charge in [-0.15, -0.1) is 0 Å². The summed E-state index contributed by atoms with van der Waals surface area (Å²) in [6.07, 6.45) is 3.67. The summed E-state index contributed by atoms with van der Waals surface area (Å²) in [6, 6.07) is 17.1. The van der Waals surface area contributed by atoms with Crippen LogP contribution in [0.25, 0.3) is 0 Å². The van der Waals surface area contributed by atoms with Gasteiger partial charge in [-0.1, -0.05) is 36.4 Å². The molecule has 1 aliphatic heterocycles. The Hall–Kier alpha value is -1.80. The summed E-state index contributed by atoms with van der Waals surface area (Å²) in [4.78, 5) is 2.48. The van der Waals surface area contributed by atoms with Crippen molar-refractivity contribution in [2.45, 2.75) is 26.2 Å². The van der Waals surface area contributed by atoms with E-state index in [0.717, 1.165) is 25.3 Å². The second-order valence-electron chi connectivity index (χ2n) is 6.15. The molecule has 0 saturated carbocycles. The van der Waals surface area contributed by atoms with Crippen molar-refractivity contribution in [1.82, 2.24) is 4.90 Å². The molecule has 0 unspecified atom stereocenters. The van der Waals surface area contributed by atoms with Gasteiger partial charge in [-0.2, -0.15) is 0 Å². The molecule has 0 radical (unpaired) electrons. The monoisotopic (exact) mass is 295 g/mol. The minimum Gasteiger partial charge on any atom is -0.492 e. The summed E-state index contributed by atoms with van der Waals surface area (Å²) >= 11 is 0. The van der Waals surface area contributed by atoms with Gasteiger partial charge in [-0.05, 0) is 68.1 Å². The summed E-state index contributed by atoms with van der Waals surface area (Å²) in [5, 5.41) is 0. The van der Waals surface area contributed by atoms with E-state index in [-0.39, 0.29) is 0 Å². The van der Waals surface area contributed by atoms with Gasteiger partial charge in [0.1, 0.15) is 12.4 Å². The summed E-state index contributed by atoms with van der Waals surface area (Å²) in [7, 11) is 0. The zero-order valence-corrected chi connectivity index (χ0v) is 13.4. The van der Waals surface area contributed by atoms with E-state index in [1.165, 1.54) is 42.6 Å².